The largest absolute Gasteiger partial charge is 0.496 e. The van der Waals surface area contributed by atoms with E-state index in [9.17, 15) is 0 Å². The van der Waals surface area contributed by atoms with E-state index in [-0.39, 0.29) is 0 Å². The zero-order valence-corrected chi connectivity index (χ0v) is 14.2. The molecule has 0 aromatic heterocycles. The molecule has 0 spiro atoms. The number of ether oxygens (including phenoxy) is 2. The number of methoxy groups -OCH3 is 1. The van der Waals surface area contributed by atoms with Gasteiger partial charge in [-0.1, -0.05) is 24.6 Å². The number of aryl methyl sites for hydroxylation is 1. The van der Waals surface area contributed by atoms with Crippen LogP contribution in [0.2, 0.25) is 0 Å². The van der Waals surface area contributed by atoms with Crippen LogP contribution in [-0.4, -0.2) is 37.9 Å². The summed E-state index contributed by atoms with van der Waals surface area (Å²) >= 11 is 2.07. The summed E-state index contributed by atoms with van der Waals surface area (Å²) in [6, 6.07) is 6.78. The van der Waals surface area contributed by atoms with Crippen molar-refractivity contribution in [1.82, 2.24) is 5.32 Å². The Hall–Kier alpha value is -0.710. The fraction of sp³-hybridized carbons (Fsp3) is 0.647. The lowest BCUT2D eigenvalue weighted by Crippen LogP contribution is -2.26. The third-order valence-electron chi connectivity index (χ3n) is 3.88. The Bertz CT molecular complexity index is 433. The minimum Gasteiger partial charge on any atom is -0.496 e. The maximum Gasteiger partial charge on any atom is 0.123 e. The van der Waals surface area contributed by atoms with Crippen molar-refractivity contribution in [3.63, 3.8) is 0 Å². The number of benzene rings is 1. The summed E-state index contributed by atoms with van der Waals surface area (Å²) in [6.07, 6.45) is 2.35. The van der Waals surface area contributed by atoms with Crippen LogP contribution in [0, 0.1) is 6.92 Å². The first-order valence-electron chi connectivity index (χ1n) is 7.81. The summed E-state index contributed by atoms with van der Waals surface area (Å²) in [7, 11) is 1.75. The highest BCUT2D eigenvalue weighted by Crippen LogP contribution is 2.31. The van der Waals surface area contributed by atoms with E-state index < -0.39 is 0 Å². The molecule has 0 radical (unpaired) electrons. The average Bonchev–Trinajstić information content (AvgIpc) is 2.52. The Kier molecular flexibility index (Phi) is 6.87. The molecule has 4 heteroatoms. The molecule has 1 N–H and O–H groups in total. The molecule has 1 aliphatic heterocycles. The van der Waals surface area contributed by atoms with Gasteiger partial charge in [0.2, 0.25) is 0 Å². The summed E-state index contributed by atoms with van der Waals surface area (Å²) in [4.78, 5) is 0. The Morgan fingerprint density at radius 1 is 1.38 bits per heavy atom. The maximum atomic E-state index is 5.55. The van der Waals surface area contributed by atoms with Crippen LogP contribution < -0.4 is 10.1 Å². The highest BCUT2D eigenvalue weighted by Gasteiger charge is 2.20. The predicted octanol–water partition coefficient (Wildman–Crippen LogP) is 3.57. The number of thioether (sulfide) groups is 1. The first-order chi connectivity index (χ1) is 10.2. The molecule has 1 unspecified atom stereocenters. The average molecular weight is 309 g/mol. The van der Waals surface area contributed by atoms with Gasteiger partial charge in [-0.25, -0.2) is 0 Å². The molecule has 1 heterocycles. The molecule has 1 atom stereocenters. The van der Waals surface area contributed by atoms with Gasteiger partial charge in [0.1, 0.15) is 5.75 Å². The highest BCUT2D eigenvalue weighted by molar-refractivity contribution is 7.99. The first-order valence-corrected chi connectivity index (χ1v) is 8.86. The first kappa shape index (κ1) is 16.7. The molecule has 21 heavy (non-hydrogen) atoms. The molecule has 1 aromatic rings. The molecule has 0 aliphatic carbocycles. The van der Waals surface area contributed by atoms with Crippen LogP contribution in [-0.2, 0) is 4.74 Å². The van der Waals surface area contributed by atoms with Crippen LogP contribution in [0.3, 0.4) is 0 Å². The third kappa shape index (κ3) is 4.90. The lowest BCUT2D eigenvalue weighted by atomic mass is 10.0. The smallest absolute Gasteiger partial charge is 0.123 e. The minimum absolute atomic E-state index is 0.345. The van der Waals surface area contributed by atoms with Gasteiger partial charge in [0, 0.05) is 35.8 Å². The molecule has 3 nitrogen and oxygen atoms in total. The fourth-order valence-electron chi connectivity index (χ4n) is 2.71. The van der Waals surface area contributed by atoms with Crippen LogP contribution in [0.1, 0.15) is 36.9 Å². The van der Waals surface area contributed by atoms with Gasteiger partial charge < -0.3 is 14.8 Å². The topological polar surface area (TPSA) is 30.5 Å². The van der Waals surface area contributed by atoms with E-state index in [1.54, 1.807) is 7.11 Å². The van der Waals surface area contributed by atoms with Crippen molar-refractivity contribution in [2.45, 2.75) is 38.0 Å². The second-order valence-corrected chi connectivity index (χ2v) is 6.83. The van der Waals surface area contributed by atoms with E-state index in [4.69, 9.17) is 9.47 Å². The number of hydrogen-bond acceptors (Lipinski definition) is 4. The number of nitrogens with one attached hydrogen (secondary N) is 1. The Labute approximate surface area is 132 Å². The summed E-state index contributed by atoms with van der Waals surface area (Å²) in [6.45, 7) is 7.09. The Morgan fingerprint density at radius 3 is 2.81 bits per heavy atom. The van der Waals surface area contributed by atoms with Crippen molar-refractivity contribution < 1.29 is 9.47 Å². The highest BCUT2D eigenvalue weighted by atomic mass is 32.2. The molecule has 1 saturated heterocycles. The van der Waals surface area contributed by atoms with Gasteiger partial charge in [-0.05, 0) is 32.4 Å². The van der Waals surface area contributed by atoms with Gasteiger partial charge in [0.25, 0.3) is 0 Å². The molecule has 1 aromatic carbocycles. The zero-order valence-electron chi connectivity index (χ0n) is 13.4. The second kappa shape index (κ2) is 8.66. The van der Waals surface area contributed by atoms with Crippen molar-refractivity contribution in [1.29, 1.82) is 0 Å². The van der Waals surface area contributed by atoms with Crippen molar-refractivity contribution in [3.8, 4) is 5.75 Å². The quantitative estimate of drug-likeness (QED) is 0.834. The molecule has 1 fully saturated rings. The Balaban J connectivity index is 2.05. The summed E-state index contributed by atoms with van der Waals surface area (Å²) in [5.41, 5.74) is 2.56. The minimum atomic E-state index is 0.345. The monoisotopic (exact) mass is 309 g/mol. The van der Waals surface area contributed by atoms with Crippen LogP contribution in [0.25, 0.3) is 0 Å². The van der Waals surface area contributed by atoms with E-state index in [1.165, 1.54) is 24.0 Å². The van der Waals surface area contributed by atoms with Gasteiger partial charge in [-0.3, -0.25) is 0 Å². The van der Waals surface area contributed by atoms with Gasteiger partial charge in [0.05, 0.1) is 7.11 Å². The molecule has 0 bridgehead atoms. The normalized spacial score (nSPS) is 17.7. The molecule has 118 valence electrons. The third-order valence-corrected chi connectivity index (χ3v) is 5.35. The predicted molar refractivity (Wildman–Crippen MR) is 90.4 cm³/mol. The van der Waals surface area contributed by atoms with E-state index >= 15 is 0 Å². The van der Waals surface area contributed by atoms with Crippen LogP contribution in [0.5, 0.6) is 5.75 Å². The molecule has 0 saturated carbocycles. The van der Waals surface area contributed by atoms with Crippen molar-refractivity contribution in [3.05, 3.63) is 29.3 Å². The summed E-state index contributed by atoms with van der Waals surface area (Å²) in [5, 5.41) is 4.34. The van der Waals surface area contributed by atoms with E-state index in [0.29, 0.717) is 6.04 Å². The van der Waals surface area contributed by atoms with E-state index in [2.05, 4.69) is 49.1 Å². The lowest BCUT2D eigenvalue weighted by molar-refractivity contribution is 0.1000. The van der Waals surface area contributed by atoms with Crippen molar-refractivity contribution in [2.75, 3.05) is 32.6 Å². The zero-order chi connectivity index (χ0) is 15.1. The molecule has 0 amide bonds. The van der Waals surface area contributed by atoms with Gasteiger partial charge in [-0.15, -0.1) is 0 Å². The number of hydrogen-bond donors (Lipinski definition) is 1. The molecule has 2 rings (SSSR count). The SMILES string of the molecule is CCNC(CSC1CCOCC1)c1cc(C)ccc1OC. The molecule has 1 aliphatic rings. The van der Waals surface area contributed by atoms with Crippen molar-refractivity contribution >= 4 is 11.8 Å². The number of rotatable bonds is 7. The standard InChI is InChI=1S/C17H27NO2S/c1-4-18-16(12-21-14-7-9-20-10-8-14)15-11-13(2)5-6-17(15)19-3/h5-6,11,14,16,18H,4,7-10,12H2,1-3H3. The molecular weight excluding hydrogens is 282 g/mol. The van der Waals surface area contributed by atoms with Gasteiger partial charge in [-0.2, -0.15) is 11.8 Å². The molecular formula is C17H27NO2S. The van der Waals surface area contributed by atoms with Crippen LogP contribution >= 0.6 is 11.8 Å². The van der Waals surface area contributed by atoms with Crippen LogP contribution in [0.4, 0.5) is 0 Å². The van der Waals surface area contributed by atoms with E-state index in [0.717, 1.165) is 36.5 Å². The lowest BCUT2D eigenvalue weighted by Gasteiger charge is -2.26. The van der Waals surface area contributed by atoms with Gasteiger partial charge >= 0.3 is 0 Å². The second-order valence-electron chi connectivity index (χ2n) is 5.50. The van der Waals surface area contributed by atoms with E-state index in [1.807, 2.05) is 0 Å². The maximum absolute atomic E-state index is 5.55. The summed E-state index contributed by atoms with van der Waals surface area (Å²) in [5.74, 6) is 2.07. The van der Waals surface area contributed by atoms with Gasteiger partial charge in [0.15, 0.2) is 0 Å². The Morgan fingerprint density at radius 2 is 2.14 bits per heavy atom. The fourth-order valence-corrected chi connectivity index (χ4v) is 3.99. The summed E-state index contributed by atoms with van der Waals surface area (Å²) < 4.78 is 11.0. The van der Waals surface area contributed by atoms with Crippen molar-refractivity contribution in [2.24, 2.45) is 0 Å². The van der Waals surface area contributed by atoms with Crippen LogP contribution in [0.15, 0.2) is 18.2 Å².